The zero-order chi connectivity index (χ0) is 31.8. The van der Waals surface area contributed by atoms with Crippen LogP contribution in [-0.4, -0.2) is 70.1 Å². The molecule has 0 unspecified atom stereocenters. The predicted octanol–water partition coefficient (Wildman–Crippen LogP) is 4.09. The molecule has 3 N–H and O–H groups in total. The van der Waals surface area contributed by atoms with Crippen molar-refractivity contribution >= 4 is 44.4 Å². The van der Waals surface area contributed by atoms with Crippen LogP contribution in [0.15, 0.2) is 65.1 Å². The third kappa shape index (κ3) is 5.74. The van der Waals surface area contributed by atoms with Crippen LogP contribution in [0.2, 0.25) is 0 Å². The molecule has 0 radical (unpaired) electrons. The van der Waals surface area contributed by atoms with Gasteiger partial charge in [0.2, 0.25) is 15.9 Å². The average molecular weight is 625 g/mol. The van der Waals surface area contributed by atoms with Crippen LogP contribution in [0.4, 0.5) is 14.5 Å². The molecule has 13 heteroatoms. The molecule has 0 bridgehead atoms. The maximum absolute atomic E-state index is 13.7. The van der Waals surface area contributed by atoms with E-state index in [1.54, 1.807) is 30.3 Å². The van der Waals surface area contributed by atoms with Gasteiger partial charge in [0.1, 0.15) is 29.9 Å². The second-order valence-corrected chi connectivity index (χ2v) is 12.3. The molecule has 230 valence electrons. The molecule has 1 aliphatic rings. The van der Waals surface area contributed by atoms with Gasteiger partial charge in [0.05, 0.1) is 24.1 Å². The number of likely N-dealkylation sites (tertiary alicyclic amines) is 1. The van der Waals surface area contributed by atoms with E-state index in [0.29, 0.717) is 35.9 Å². The van der Waals surface area contributed by atoms with E-state index >= 15 is 0 Å². The third-order valence-corrected chi connectivity index (χ3v) is 8.77. The van der Waals surface area contributed by atoms with Crippen LogP contribution in [0.25, 0.3) is 33.4 Å². The summed E-state index contributed by atoms with van der Waals surface area (Å²) >= 11 is 0. The van der Waals surface area contributed by atoms with E-state index in [9.17, 15) is 31.6 Å². The molecule has 1 saturated heterocycles. The highest BCUT2D eigenvalue weighted by Gasteiger charge is 2.33. The third-order valence-electron chi connectivity index (χ3n) is 7.59. The van der Waals surface area contributed by atoms with Crippen LogP contribution < -0.4 is 15.4 Å². The second kappa shape index (κ2) is 12.1. The molecular weight excluding hydrogens is 594 g/mol. The topological polar surface area (TPSA) is 143 Å². The number of hydrogen-bond acceptors (Lipinski definition) is 6. The number of sulfonamides is 1. The van der Waals surface area contributed by atoms with Crippen molar-refractivity contribution in [3.05, 3.63) is 77.6 Å². The molecule has 3 aromatic carbocycles. The Morgan fingerprint density at radius 2 is 1.82 bits per heavy atom. The van der Waals surface area contributed by atoms with Gasteiger partial charge in [-0.1, -0.05) is 12.1 Å². The van der Waals surface area contributed by atoms with Gasteiger partial charge < -0.3 is 20.4 Å². The van der Waals surface area contributed by atoms with E-state index < -0.39 is 52.8 Å². The standard InChI is InChI=1S/C31H30F2N4O6S/c1-35-30(39)27-23-16-22(19-5-3-6-20(15-19)31(40)36-13-4-7-24(36)29(34)38)25(37(14-12-32)44(2,41)42)17-26(23)43-28(27)18-8-10-21(33)11-9-18/h3,5-6,8-11,15-17,24H,4,7,12-14H2,1-2H3,(H2,34,38)(H,35,39)/t24-/m1/s1. The van der Waals surface area contributed by atoms with Crippen molar-refractivity contribution in [2.24, 2.45) is 5.73 Å². The minimum atomic E-state index is -4.01. The van der Waals surface area contributed by atoms with E-state index in [-0.39, 0.29) is 33.7 Å². The molecule has 1 atom stereocenters. The Morgan fingerprint density at radius 3 is 2.45 bits per heavy atom. The van der Waals surface area contributed by atoms with Gasteiger partial charge in [0.25, 0.3) is 11.8 Å². The predicted molar refractivity (Wildman–Crippen MR) is 162 cm³/mol. The van der Waals surface area contributed by atoms with Gasteiger partial charge in [0.15, 0.2) is 0 Å². The zero-order valence-electron chi connectivity index (χ0n) is 24.0. The van der Waals surface area contributed by atoms with Crippen LogP contribution in [0.5, 0.6) is 0 Å². The first-order chi connectivity index (χ1) is 20.9. The number of fused-ring (bicyclic) bond motifs is 1. The molecule has 1 aliphatic heterocycles. The molecule has 0 aliphatic carbocycles. The Hall–Kier alpha value is -4.78. The summed E-state index contributed by atoms with van der Waals surface area (Å²) in [5.74, 6) is -1.91. The maximum Gasteiger partial charge on any atom is 0.255 e. The zero-order valence-corrected chi connectivity index (χ0v) is 24.8. The molecule has 3 amide bonds. The van der Waals surface area contributed by atoms with Crippen molar-refractivity contribution in [1.29, 1.82) is 0 Å². The first kappa shape index (κ1) is 30.7. The lowest BCUT2D eigenvalue weighted by Crippen LogP contribution is -2.43. The summed E-state index contributed by atoms with van der Waals surface area (Å²) in [7, 11) is -2.58. The number of alkyl halides is 1. The van der Waals surface area contributed by atoms with Crippen molar-refractivity contribution < 1.29 is 36.0 Å². The number of furan rings is 1. The summed E-state index contributed by atoms with van der Waals surface area (Å²) in [4.78, 5) is 40.0. The fourth-order valence-electron chi connectivity index (χ4n) is 5.56. The van der Waals surface area contributed by atoms with Crippen LogP contribution in [0.3, 0.4) is 0 Å². The normalized spacial score (nSPS) is 15.0. The molecule has 1 aromatic heterocycles. The lowest BCUT2D eigenvalue weighted by Gasteiger charge is -2.25. The van der Waals surface area contributed by atoms with E-state index in [4.69, 9.17) is 10.2 Å². The first-order valence-electron chi connectivity index (χ1n) is 13.8. The lowest BCUT2D eigenvalue weighted by atomic mass is 9.97. The average Bonchev–Trinajstić information content (AvgIpc) is 3.64. The Kier molecular flexibility index (Phi) is 8.42. The summed E-state index contributed by atoms with van der Waals surface area (Å²) in [6.07, 6.45) is 2.01. The number of anilines is 1. The van der Waals surface area contributed by atoms with E-state index in [1.807, 2.05) is 0 Å². The minimum absolute atomic E-state index is 0.0568. The highest BCUT2D eigenvalue weighted by molar-refractivity contribution is 7.92. The monoisotopic (exact) mass is 624 g/mol. The molecule has 44 heavy (non-hydrogen) atoms. The summed E-state index contributed by atoms with van der Waals surface area (Å²) in [6.45, 7) is -1.14. The van der Waals surface area contributed by atoms with Crippen molar-refractivity contribution in [1.82, 2.24) is 10.2 Å². The number of nitrogens with zero attached hydrogens (tertiary/aromatic N) is 2. The van der Waals surface area contributed by atoms with Crippen molar-refractivity contribution in [3.63, 3.8) is 0 Å². The van der Waals surface area contributed by atoms with Gasteiger partial charge in [-0.05, 0) is 60.9 Å². The highest BCUT2D eigenvalue weighted by Crippen LogP contribution is 2.42. The molecule has 1 fully saturated rings. The first-order valence-corrected chi connectivity index (χ1v) is 15.6. The molecule has 5 rings (SSSR count). The number of nitrogens with one attached hydrogen (secondary N) is 1. The van der Waals surface area contributed by atoms with Crippen molar-refractivity contribution in [2.45, 2.75) is 18.9 Å². The molecular formula is C31H30F2N4O6S. The number of nitrogens with two attached hydrogens (primary N) is 1. The van der Waals surface area contributed by atoms with Gasteiger partial charge in [-0.3, -0.25) is 18.7 Å². The number of rotatable bonds is 9. The minimum Gasteiger partial charge on any atom is -0.455 e. The Balaban J connectivity index is 1.76. The molecule has 2 heterocycles. The quantitative estimate of drug-likeness (QED) is 0.287. The van der Waals surface area contributed by atoms with E-state index in [0.717, 1.165) is 10.6 Å². The number of hydrogen-bond donors (Lipinski definition) is 2. The smallest absolute Gasteiger partial charge is 0.255 e. The van der Waals surface area contributed by atoms with Gasteiger partial charge in [-0.25, -0.2) is 17.2 Å². The van der Waals surface area contributed by atoms with Crippen molar-refractivity contribution in [3.8, 4) is 22.5 Å². The summed E-state index contributed by atoms with van der Waals surface area (Å²) in [5.41, 5.74) is 7.11. The van der Waals surface area contributed by atoms with Gasteiger partial charge in [-0.15, -0.1) is 0 Å². The fraction of sp³-hybridized carbons (Fsp3) is 0.258. The number of primary amides is 1. The Morgan fingerprint density at radius 1 is 1.09 bits per heavy atom. The number of halogens is 2. The van der Waals surface area contributed by atoms with Crippen molar-refractivity contribution in [2.75, 3.05) is 37.4 Å². The molecule has 10 nitrogen and oxygen atoms in total. The number of carbonyl (C=O) groups is 3. The largest absolute Gasteiger partial charge is 0.455 e. The second-order valence-electron chi connectivity index (χ2n) is 10.4. The lowest BCUT2D eigenvalue weighted by molar-refractivity contribution is -0.121. The van der Waals surface area contributed by atoms with Gasteiger partial charge in [-0.2, -0.15) is 0 Å². The Labute approximate surface area is 252 Å². The summed E-state index contributed by atoms with van der Waals surface area (Å²) in [6, 6.07) is 13.9. The SMILES string of the molecule is CNC(=O)c1c(-c2ccc(F)cc2)oc2cc(N(CCF)S(C)(=O)=O)c(-c3cccc(C(=O)N4CCC[C@@H]4C(N)=O)c3)cc12. The number of benzene rings is 3. The van der Waals surface area contributed by atoms with Gasteiger partial charge in [0, 0.05) is 41.7 Å². The summed E-state index contributed by atoms with van der Waals surface area (Å²) < 4.78 is 60.2. The van der Waals surface area contributed by atoms with Crippen LogP contribution in [0.1, 0.15) is 33.6 Å². The highest BCUT2D eigenvalue weighted by atomic mass is 32.2. The number of amides is 3. The molecule has 0 spiro atoms. The maximum atomic E-state index is 13.7. The molecule has 4 aromatic rings. The van der Waals surface area contributed by atoms with Gasteiger partial charge >= 0.3 is 0 Å². The van der Waals surface area contributed by atoms with E-state index in [1.165, 1.54) is 42.3 Å². The Bertz CT molecular complexity index is 1870. The molecule has 0 saturated carbocycles. The van der Waals surface area contributed by atoms with Crippen LogP contribution >= 0.6 is 0 Å². The van der Waals surface area contributed by atoms with Crippen LogP contribution in [0, 0.1) is 5.82 Å². The fourth-order valence-corrected chi connectivity index (χ4v) is 6.47. The van der Waals surface area contributed by atoms with Crippen LogP contribution in [-0.2, 0) is 14.8 Å². The number of carbonyl (C=O) groups excluding carboxylic acids is 3. The van der Waals surface area contributed by atoms with E-state index in [2.05, 4.69) is 5.32 Å². The summed E-state index contributed by atoms with van der Waals surface area (Å²) in [5, 5.41) is 2.88.